The van der Waals surface area contributed by atoms with Crippen LogP contribution >= 0.6 is 0 Å². The van der Waals surface area contributed by atoms with Crippen LogP contribution in [0, 0.1) is 29.1 Å². The number of aliphatic hydroxyl groups excluding tert-OH is 1. The summed E-state index contributed by atoms with van der Waals surface area (Å²) in [5.74, 6) is -12.0. The lowest BCUT2D eigenvalue weighted by Crippen LogP contribution is -2.38. The van der Waals surface area contributed by atoms with E-state index in [2.05, 4.69) is 4.74 Å². The highest BCUT2D eigenvalue weighted by Crippen LogP contribution is 2.36. The Morgan fingerprint density at radius 2 is 1.48 bits per heavy atom. The van der Waals surface area contributed by atoms with Crippen molar-refractivity contribution in [1.29, 1.82) is 0 Å². The van der Waals surface area contributed by atoms with E-state index in [0.717, 1.165) is 6.92 Å². The van der Waals surface area contributed by atoms with E-state index in [0.29, 0.717) is 0 Å². The third kappa shape index (κ3) is 2.85. The fourth-order valence-corrected chi connectivity index (χ4v) is 1.93. The number of esters is 1. The largest absolute Gasteiger partial charge is 0.465 e. The van der Waals surface area contributed by atoms with Gasteiger partial charge in [-0.05, 0) is 20.3 Å². The molecule has 0 bridgehead atoms. The fraction of sp³-hybridized carbons (Fsp3) is 0.462. The maximum atomic E-state index is 13.8. The van der Waals surface area contributed by atoms with Gasteiger partial charge in [0.05, 0.1) is 12.0 Å². The summed E-state index contributed by atoms with van der Waals surface area (Å²) < 4.78 is 71.8. The Balaban J connectivity index is 3.64. The molecule has 1 unspecified atom stereocenters. The minimum atomic E-state index is -2.32. The van der Waals surface area contributed by atoms with Gasteiger partial charge in [0, 0.05) is 12.2 Å². The van der Waals surface area contributed by atoms with Crippen molar-refractivity contribution in [2.75, 3.05) is 13.2 Å². The fourth-order valence-electron chi connectivity index (χ4n) is 1.93. The summed E-state index contributed by atoms with van der Waals surface area (Å²) in [6, 6.07) is 0. The van der Waals surface area contributed by atoms with E-state index < -0.39 is 59.1 Å². The van der Waals surface area contributed by atoms with Gasteiger partial charge in [-0.1, -0.05) is 0 Å². The number of ether oxygens (including phenoxy) is 1. The lowest BCUT2D eigenvalue weighted by Gasteiger charge is -2.28. The van der Waals surface area contributed by atoms with Crippen LogP contribution in [0.15, 0.2) is 0 Å². The molecule has 0 fully saturated rings. The molecule has 0 aliphatic carbocycles. The monoisotopic (exact) mass is 312 g/mol. The van der Waals surface area contributed by atoms with E-state index in [4.69, 9.17) is 5.11 Å². The molecule has 0 amide bonds. The van der Waals surface area contributed by atoms with E-state index in [9.17, 15) is 26.7 Å². The number of benzene rings is 1. The van der Waals surface area contributed by atoms with Crippen LogP contribution in [0.4, 0.5) is 22.0 Å². The summed E-state index contributed by atoms with van der Waals surface area (Å²) in [5.41, 5.74) is -3.51. The van der Waals surface area contributed by atoms with Crippen LogP contribution in [0.25, 0.3) is 0 Å². The molecule has 0 aliphatic rings. The zero-order valence-electron chi connectivity index (χ0n) is 11.3. The smallest absolute Gasteiger partial charge is 0.316 e. The van der Waals surface area contributed by atoms with Crippen molar-refractivity contribution in [3.63, 3.8) is 0 Å². The van der Waals surface area contributed by atoms with Gasteiger partial charge in [-0.25, -0.2) is 22.0 Å². The molecular weight excluding hydrogens is 299 g/mol. The lowest BCUT2D eigenvalue weighted by molar-refractivity contribution is -0.150. The van der Waals surface area contributed by atoms with Gasteiger partial charge in [-0.15, -0.1) is 0 Å². The summed E-state index contributed by atoms with van der Waals surface area (Å²) in [6.07, 6.45) is -0.565. The van der Waals surface area contributed by atoms with Crippen LogP contribution in [0.1, 0.15) is 25.8 Å². The summed E-state index contributed by atoms with van der Waals surface area (Å²) >= 11 is 0. The van der Waals surface area contributed by atoms with Crippen LogP contribution in [0.5, 0.6) is 0 Å². The molecule has 0 aliphatic heterocycles. The highest BCUT2D eigenvalue weighted by Gasteiger charge is 2.44. The second-order valence-electron chi connectivity index (χ2n) is 4.47. The highest BCUT2D eigenvalue weighted by molar-refractivity contribution is 5.83. The van der Waals surface area contributed by atoms with Crippen LogP contribution in [-0.2, 0) is 14.9 Å². The average Bonchev–Trinajstić information content (AvgIpc) is 2.43. The Bertz CT molecular complexity index is 532. The normalized spacial score (nSPS) is 13.9. The molecular formula is C13H13F5O3. The van der Waals surface area contributed by atoms with Crippen molar-refractivity contribution in [2.45, 2.75) is 25.7 Å². The molecule has 0 spiro atoms. The summed E-state index contributed by atoms with van der Waals surface area (Å²) in [7, 11) is 0. The van der Waals surface area contributed by atoms with Crippen molar-refractivity contribution >= 4 is 5.97 Å². The van der Waals surface area contributed by atoms with E-state index in [1.165, 1.54) is 6.92 Å². The van der Waals surface area contributed by atoms with Gasteiger partial charge in [0.15, 0.2) is 23.3 Å². The number of hydrogen-bond acceptors (Lipinski definition) is 3. The quantitative estimate of drug-likeness (QED) is 0.393. The molecule has 21 heavy (non-hydrogen) atoms. The maximum Gasteiger partial charge on any atom is 0.316 e. The molecule has 1 atom stereocenters. The molecule has 1 N–H and O–H groups in total. The SMILES string of the molecule is CCOC(=O)C(C)(CCO)c1c(F)c(F)c(F)c(F)c1F. The Labute approximate surface area is 117 Å². The number of aliphatic hydroxyl groups is 1. The van der Waals surface area contributed by atoms with Gasteiger partial charge in [0.2, 0.25) is 5.82 Å². The van der Waals surface area contributed by atoms with E-state index in [1.807, 2.05) is 0 Å². The van der Waals surface area contributed by atoms with Crippen molar-refractivity contribution in [2.24, 2.45) is 0 Å². The van der Waals surface area contributed by atoms with Crippen molar-refractivity contribution in [3.8, 4) is 0 Å². The number of rotatable bonds is 5. The highest BCUT2D eigenvalue weighted by atomic mass is 19.2. The summed E-state index contributed by atoms with van der Waals surface area (Å²) in [4.78, 5) is 11.9. The zero-order chi connectivity index (χ0) is 16.4. The van der Waals surface area contributed by atoms with Crippen molar-refractivity contribution < 1.29 is 36.6 Å². The van der Waals surface area contributed by atoms with E-state index in [1.54, 1.807) is 0 Å². The van der Waals surface area contributed by atoms with E-state index in [-0.39, 0.29) is 6.61 Å². The zero-order valence-corrected chi connectivity index (χ0v) is 11.3. The minimum Gasteiger partial charge on any atom is -0.465 e. The van der Waals surface area contributed by atoms with Crippen LogP contribution in [0.3, 0.4) is 0 Å². The predicted molar refractivity (Wildman–Crippen MR) is 61.9 cm³/mol. The summed E-state index contributed by atoms with van der Waals surface area (Å²) in [6.45, 7) is 1.49. The Morgan fingerprint density at radius 3 is 1.86 bits per heavy atom. The standard InChI is InChI=1S/C13H13F5O3/c1-3-21-12(20)13(2,4-5-19)6-7(14)9(16)11(18)10(17)8(6)15/h19H,3-5H2,1-2H3. The Morgan fingerprint density at radius 1 is 1.05 bits per heavy atom. The predicted octanol–water partition coefficient (Wildman–Crippen LogP) is 2.59. The Hall–Kier alpha value is -1.70. The molecule has 0 saturated carbocycles. The van der Waals surface area contributed by atoms with Gasteiger partial charge < -0.3 is 9.84 Å². The molecule has 118 valence electrons. The first kappa shape index (κ1) is 17.4. The maximum absolute atomic E-state index is 13.8. The van der Waals surface area contributed by atoms with Gasteiger partial charge in [0.1, 0.15) is 0 Å². The number of carbonyl (C=O) groups excluding carboxylic acids is 1. The van der Waals surface area contributed by atoms with Crippen molar-refractivity contribution in [1.82, 2.24) is 0 Å². The van der Waals surface area contributed by atoms with Crippen LogP contribution in [-0.4, -0.2) is 24.3 Å². The molecule has 3 nitrogen and oxygen atoms in total. The van der Waals surface area contributed by atoms with Gasteiger partial charge in [0.25, 0.3) is 0 Å². The molecule has 0 aromatic heterocycles. The van der Waals surface area contributed by atoms with E-state index >= 15 is 0 Å². The number of carbonyl (C=O) groups is 1. The molecule has 0 radical (unpaired) electrons. The first-order valence-corrected chi connectivity index (χ1v) is 6.02. The van der Waals surface area contributed by atoms with Gasteiger partial charge in [-0.3, -0.25) is 4.79 Å². The molecule has 1 rings (SSSR count). The first-order valence-electron chi connectivity index (χ1n) is 6.02. The third-order valence-corrected chi connectivity index (χ3v) is 3.10. The minimum absolute atomic E-state index is 0.157. The topological polar surface area (TPSA) is 46.5 Å². The Kier molecular flexibility index (Phi) is 5.27. The van der Waals surface area contributed by atoms with Crippen molar-refractivity contribution in [3.05, 3.63) is 34.6 Å². The lowest BCUT2D eigenvalue weighted by atomic mass is 9.78. The number of hydrogen-bond donors (Lipinski definition) is 1. The second kappa shape index (κ2) is 6.38. The average molecular weight is 312 g/mol. The number of halogens is 5. The summed E-state index contributed by atoms with van der Waals surface area (Å²) in [5, 5.41) is 8.94. The molecule has 1 aromatic carbocycles. The molecule has 1 aromatic rings. The molecule has 0 heterocycles. The van der Waals surface area contributed by atoms with Gasteiger partial charge in [-0.2, -0.15) is 0 Å². The van der Waals surface area contributed by atoms with Crippen LogP contribution < -0.4 is 0 Å². The second-order valence-corrected chi connectivity index (χ2v) is 4.47. The van der Waals surface area contributed by atoms with Crippen LogP contribution in [0.2, 0.25) is 0 Å². The molecule has 8 heteroatoms. The third-order valence-electron chi connectivity index (χ3n) is 3.10. The van der Waals surface area contributed by atoms with Gasteiger partial charge >= 0.3 is 5.97 Å². The molecule has 0 saturated heterocycles. The first-order chi connectivity index (χ1) is 9.72.